The smallest absolute Gasteiger partial charge is 0.410 e. The van der Waals surface area contributed by atoms with E-state index in [1.807, 2.05) is 0 Å². The van der Waals surface area contributed by atoms with E-state index in [2.05, 4.69) is 0 Å². The fourth-order valence-corrected chi connectivity index (χ4v) is 7.49. The molecule has 3 aliphatic rings. The van der Waals surface area contributed by atoms with E-state index in [1.54, 1.807) is 14.1 Å². The minimum Gasteiger partial charge on any atom is -0.456 e. The molecule has 16 nitrogen and oxygen atoms in total. The molecule has 3 heterocycles. The van der Waals surface area contributed by atoms with E-state index in [0.29, 0.717) is 16.0 Å². The van der Waals surface area contributed by atoms with Crippen LogP contribution >= 0.6 is 11.8 Å². The van der Waals surface area contributed by atoms with Gasteiger partial charge in [0.05, 0.1) is 27.9 Å². The van der Waals surface area contributed by atoms with Crippen molar-refractivity contribution in [3.05, 3.63) is 90.5 Å². The largest absolute Gasteiger partial charge is 0.456 e. The van der Waals surface area contributed by atoms with Gasteiger partial charge in [-0.2, -0.15) is 0 Å². The molecule has 0 spiro atoms. The summed E-state index contributed by atoms with van der Waals surface area (Å²) in [5, 5.41) is 31.8. The zero-order valence-corrected chi connectivity index (χ0v) is 27.0. The number of aliphatic hydroxyl groups is 1. The number of nitro benzene ring substituents is 2. The first-order valence-electron chi connectivity index (χ1n) is 15.0. The van der Waals surface area contributed by atoms with E-state index in [1.165, 1.54) is 81.9 Å². The van der Waals surface area contributed by atoms with Crippen molar-refractivity contribution in [3.8, 4) is 0 Å². The van der Waals surface area contributed by atoms with Gasteiger partial charge in [0.15, 0.2) is 0 Å². The molecule has 3 amide bonds. The van der Waals surface area contributed by atoms with Gasteiger partial charge in [0.2, 0.25) is 11.8 Å². The number of benzene rings is 2. The van der Waals surface area contributed by atoms with Crippen LogP contribution in [0.25, 0.3) is 0 Å². The number of thioether (sulfide) groups is 1. The Morgan fingerprint density at radius 1 is 0.979 bits per heavy atom. The molecule has 254 valence electrons. The summed E-state index contributed by atoms with van der Waals surface area (Å²) in [7, 11) is 3.13. The summed E-state index contributed by atoms with van der Waals surface area (Å²) in [4.78, 5) is 78.3. The van der Waals surface area contributed by atoms with Crippen molar-refractivity contribution in [2.45, 2.75) is 56.4 Å². The van der Waals surface area contributed by atoms with Gasteiger partial charge < -0.3 is 24.4 Å². The number of non-ortho nitro benzene ring substituents is 2. The van der Waals surface area contributed by atoms with Crippen LogP contribution in [0.1, 0.15) is 30.9 Å². The molecule has 5 rings (SSSR count). The Morgan fingerprint density at radius 3 is 2.02 bits per heavy atom. The fourth-order valence-electron chi connectivity index (χ4n) is 6.02. The number of carbonyl (C=O) groups is 4. The molecule has 2 aromatic carbocycles. The third kappa shape index (κ3) is 6.96. The van der Waals surface area contributed by atoms with E-state index in [4.69, 9.17) is 9.47 Å². The number of carbonyl (C=O) groups excluding carboxylic acids is 4. The van der Waals surface area contributed by atoms with E-state index in [9.17, 15) is 44.5 Å². The molecule has 2 aromatic rings. The molecule has 0 saturated carbocycles. The number of fused-ring (bicyclic) bond motifs is 1. The second-order valence-corrected chi connectivity index (χ2v) is 13.3. The fraction of sp³-hybridized carbons (Fsp3) is 0.419. The van der Waals surface area contributed by atoms with Crippen LogP contribution in [0, 0.1) is 26.1 Å². The van der Waals surface area contributed by atoms with Crippen LogP contribution in [0.2, 0.25) is 0 Å². The van der Waals surface area contributed by atoms with Crippen LogP contribution in [-0.2, 0) is 37.1 Å². The lowest BCUT2D eigenvalue weighted by Crippen LogP contribution is -2.61. The maximum atomic E-state index is 13.5. The molecule has 0 aromatic heterocycles. The van der Waals surface area contributed by atoms with Crippen LogP contribution in [0.5, 0.6) is 0 Å². The van der Waals surface area contributed by atoms with Crippen molar-refractivity contribution in [3.63, 3.8) is 0 Å². The van der Waals surface area contributed by atoms with Gasteiger partial charge in [0, 0.05) is 61.5 Å². The Labute approximate surface area is 278 Å². The summed E-state index contributed by atoms with van der Waals surface area (Å²) in [6.45, 7) is 1.21. The minimum atomic E-state index is -0.949. The second-order valence-electron chi connectivity index (χ2n) is 11.9. The summed E-state index contributed by atoms with van der Waals surface area (Å²) in [6.07, 6.45) is -1.22. The van der Waals surface area contributed by atoms with E-state index >= 15 is 0 Å². The molecule has 2 fully saturated rings. The normalized spacial score (nSPS) is 22.1. The summed E-state index contributed by atoms with van der Waals surface area (Å²) in [6, 6.07) is 9.68. The Bertz CT molecular complexity index is 1660. The number of hydrogen-bond donors (Lipinski definition) is 1. The first-order valence-corrected chi connectivity index (χ1v) is 15.8. The first-order chi connectivity index (χ1) is 22.8. The number of likely N-dealkylation sites (tertiary alicyclic amines) is 1. The third-order valence-electron chi connectivity index (χ3n) is 8.44. The van der Waals surface area contributed by atoms with Crippen molar-refractivity contribution in [2.75, 3.05) is 20.6 Å². The number of likely N-dealkylation sites (N-methyl/N-ethyl adjacent to an activating group) is 1. The van der Waals surface area contributed by atoms with Gasteiger partial charge in [-0.25, -0.2) is 9.59 Å². The first kappa shape index (κ1) is 34.3. The molecule has 0 bridgehead atoms. The Hall–Kier alpha value is -5.03. The quantitative estimate of drug-likeness (QED) is 0.157. The maximum absolute atomic E-state index is 13.5. The van der Waals surface area contributed by atoms with E-state index < -0.39 is 51.9 Å². The lowest BCUT2D eigenvalue weighted by molar-refractivity contribution is -0.385. The minimum absolute atomic E-state index is 0.0310. The zero-order valence-electron chi connectivity index (χ0n) is 26.2. The van der Waals surface area contributed by atoms with Gasteiger partial charge in [0.25, 0.3) is 11.4 Å². The van der Waals surface area contributed by atoms with Crippen molar-refractivity contribution in [2.24, 2.45) is 5.92 Å². The van der Waals surface area contributed by atoms with Crippen LogP contribution in [0.4, 0.5) is 16.2 Å². The molecule has 48 heavy (non-hydrogen) atoms. The monoisotopic (exact) mass is 683 g/mol. The van der Waals surface area contributed by atoms with Gasteiger partial charge in [-0.3, -0.25) is 34.7 Å². The maximum Gasteiger partial charge on any atom is 0.410 e. The standard InChI is InChI=1S/C31H33N5O11S/c1-17(37)26-23-13-25(27(34(23)29(26)39)30(40)46-15-18-4-8-20(9-5-18)35(42)43)48-22-12-24(28(38)32(2)3)33(14-22)31(41)47-16-19-6-10-21(11-7-19)36(44)45/h4-11,17,22-24,26,37H,12-16H2,1-3H3/t17-,22+,23-,24+,26-/m1/s1. The number of β-lactam (4-membered cyclic amide) rings is 1. The van der Waals surface area contributed by atoms with Gasteiger partial charge in [-0.15, -0.1) is 11.8 Å². The number of amides is 3. The summed E-state index contributed by atoms with van der Waals surface area (Å²) in [5.41, 5.74) is 0.822. The highest BCUT2D eigenvalue weighted by molar-refractivity contribution is 8.03. The highest BCUT2D eigenvalue weighted by Gasteiger charge is 2.57. The number of ether oxygens (including phenoxy) is 2. The molecule has 17 heteroatoms. The van der Waals surface area contributed by atoms with Crippen LogP contribution in [0.3, 0.4) is 0 Å². The van der Waals surface area contributed by atoms with Gasteiger partial charge in [-0.1, -0.05) is 0 Å². The van der Waals surface area contributed by atoms with E-state index in [0.717, 1.165) is 0 Å². The van der Waals surface area contributed by atoms with Crippen LogP contribution < -0.4 is 0 Å². The molecule has 0 aliphatic carbocycles. The Balaban J connectivity index is 1.32. The molecule has 3 aliphatic heterocycles. The van der Waals surface area contributed by atoms with Gasteiger partial charge in [-0.05, 0) is 48.7 Å². The Morgan fingerprint density at radius 2 is 1.52 bits per heavy atom. The number of nitrogens with zero attached hydrogens (tertiary/aromatic N) is 5. The lowest BCUT2D eigenvalue weighted by Gasteiger charge is -2.44. The topological polar surface area (TPSA) is 203 Å². The SMILES string of the molecule is C[C@@H](O)[C@H]1C(=O)N2C(C(=O)OCc3ccc([N+](=O)[O-])cc3)=C(S[C@H]3C[C@@H](C(=O)N(C)C)N(C(=O)OCc4ccc([N+](=O)[O-])cc4)C3)C[C@H]12. The second kappa shape index (κ2) is 14.0. The number of nitro groups is 2. The molecule has 0 unspecified atom stereocenters. The molecular formula is C31H33N5O11S. The number of aliphatic hydroxyl groups excluding tert-OH is 1. The van der Waals surface area contributed by atoms with Gasteiger partial charge in [0.1, 0.15) is 25.0 Å². The van der Waals surface area contributed by atoms with Crippen molar-refractivity contribution in [1.29, 1.82) is 0 Å². The average Bonchev–Trinajstić information content (AvgIpc) is 3.61. The third-order valence-corrected chi connectivity index (χ3v) is 9.76. The van der Waals surface area contributed by atoms with E-state index in [-0.39, 0.29) is 60.8 Å². The van der Waals surface area contributed by atoms with Crippen molar-refractivity contribution >= 4 is 47.0 Å². The lowest BCUT2D eigenvalue weighted by atomic mass is 9.83. The number of hydrogen-bond acceptors (Lipinski definition) is 12. The predicted octanol–water partition coefficient (Wildman–Crippen LogP) is 2.97. The molecular weight excluding hydrogens is 650 g/mol. The average molecular weight is 684 g/mol. The molecule has 0 radical (unpaired) electrons. The highest BCUT2D eigenvalue weighted by atomic mass is 32.2. The summed E-state index contributed by atoms with van der Waals surface area (Å²) in [5.74, 6) is -2.25. The Kier molecular flexibility index (Phi) is 10.00. The number of esters is 1. The molecule has 1 N–H and O–H groups in total. The predicted molar refractivity (Wildman–Crippen MR) is 169 cm³/mol. The molecule has 5 atom stereocenters. The van der Waals surface area contributed by atoms with Crippen molar-refractivity contribution < 1.29 is 43.6 Å². The van der Waals surface area contributed by atoms with Crippen LogP contribution in [-0.4, -0.2) is 97.6 Å². The van der Waals surface area contributed by atoms with Crippen LogP contribution in [0.15, 0.2) is 59.1 Å². The number of rotatable bonds is 11. The summed E-state index contributed by atoms with van der Waals surface area (Å²) >= 11 is 1.26. The zero-order chi connectivity index (χ0) is 34.9. The summed E-state index contributed by atoms with van der Waals surface area (Å²) < 4.78 is 11.0. The van der Waals surface area contributed by atoms with Crippen molar-refractivity contribution in [1.82, 2.24) is 14.7 Å². The highest BCUT2D eigenvalue weighted by Crippen LogP contribution is 2.49. The molecule has 2 saturated heterocycles. The van der Waals surface area contributed by atoms with Gasteiger partial charge >= 0.3 is 12.1 Å².